The molecule has 0 radical (unpaired) electrons. The maximum absolute atomic E-state index is 14.4. The highest BCUT2D eigenvalue weighted by Crippen LogP contribution is 2.50. The number of ketones is 2. The van der Waals surface area contributed by atoms with Gasteiger partial charge in [-0.15, -0.1) is 0 Å². The summed E-state index contributed by atoms with van der Waals surface area (Å²) in [5, 5.41) is 11.5. The van der Waals surface area contributed by atoms with Crippen LogP contribution in [-0.2, 0) is 0 Å². The quantitative estimate of drug-likeness (QED) is 0.175. The van der Waals surface area contributed by atoms with E-state index in [1.165, 1.54) is 18.2 Å². The topological polar surface area (TPSA) is 80.5 Å². The third kappa shape index (κ3) is 3.91. The molecule has 0 aromatic heterocycles. The zero-order chi connectivity index (χ0) is 26.2. The van der Waals surface area contributed by atoms with Crippen LogP contribution in [0.25, 0.3) is 6.08 Å². The number of carbonyl (C=O) groups is 2. The summed E-state index contributed by atoms with van der Waals surface area (Å²) in [6.45, 7) is 0. The van der Waals surface area contributed by atoms with Crippen LogP contribution in [0, 0.1) is 16.0 Å². The van der Waals surface area contributed by atoms with Gasteiger partial charge >= 0.3 is 0 Å². The number of Topliss-reactive ketones (excluding diaryl/α,β-unsaturated/α-hetero) is 2. The van der Waals surface area contributed by atoms with Crippen LogP contribution in [-0.4, -0.2) is 28.6 Å². The molecule has 6 rings (SSSR count). The molecule has 4 aromatic rings. The fourth-order valence-electron chi connectivity index (χ4n) is 5.94. The standard InChI is InChI=1S/C32H24N2O4/c35-31(23-13-5-2-6-14-23)29-27-19-18-21-10-7-8-17-26(21)33(27)30(28(29)22-11-3-1-4-12-22)32(36)24-15-9-16-25(20-24)34(37)38/h1-20,27-30H/t27-,28+,29+,30-/m1/s1. The SMILES string of the molecule is O=C(c1ccccc1)[C@@H]1[C@H](c2ccccc2)[C@H](C(=O)c2cccc([N+](=O)[O-])c2)N2c3ccccc3C=C[C@H]12. The molecule has 0 unspecified atom stereocenters. The van der Waals surface area contributed by atoms with E-state index in [0.29, 0.717) is 5.56 Å². The van der Waals surface area contributed by atoms with E-state index in [9.17, 15) is 19.7 Å². The molecule has 2 aliphatic rings. The number of nitro benzene ring substituents is 1. The summed E-state index contributed by atoms with van der Waals surface area (Å²) in [5.74, 6) is -1.30. The molecule has 6 nitrogen and oxygen atoms in total. The molecule has 0 bridgehead atoms. The number of hydrogen-bond acceptors (Lipinski definition) is 5. The van der Waals surface area contributed by atoms with Crippen molar-refractivity contribution >= 4 is 29.0 Å². The first-order valence-corrected chi connectivity index (χ1v) is 12.5. The monoisotopic (exact) mass is 500 g/mol. The number of fused-ring (bicyclic) bond motifs is 3. The van der Waals surface area contributed by atoms with Gasteiger partial charge < -0.3 is 4.90 Å². The Kier molecular flexibility index (Phi) is 5.92. The van der Waals surface area contributed by atoms with E-state index in [1.54, 1.807) is 6.07 Å². The average molecular weight is 501 g/mol. The van der Waals surface area contributed by atoms with Gasteiger partial charge in [-0.1, -0.05) is 103 Å². The van der Waals surface area contributed by atoms with E-state index in [4.69, 9.17) is 0 Å². The van der Waals surface area contributed by atoms with Gasteiger partial charge in [0.1, 0.15) is 6.04 Å². The summed E-state index contributed by atoms with van der Waals surface area (Å²) in [6.07, 6.45) is 4.04. The summed E-state index contributed by atoms with van der Waals surface area (Å²) in [7, 11) is 0. The summed E-state index contributed by atoms with van der Waals surface area (Å²) in [6, 6.07) is 31.4. The predicted octanol–water partition coefficient (Wildman–Crippen LogP) is 6.34. The third-order valence-electron chi connectivity index (χ3n) is 7.56. The highest BCUT2D eigenvalue weighted by Gasteiger charge is 2.55. The fourth-order valence-corrected chi connectivity index (χ4v) is 5.94. The normalized spacial score (nSPS) is 21.4. The molecule has 0 N–H and O–H groups in total. The molecular weight excluding hydrogens is 476 g/mol. The highest BCUT2D eigenvalue weighted by atomic mass is 16.6. The lowest BCUT2D eigenvalue weighted by atomic mass is 9.76. The van der Waals surface area contributed by atoms with Crippen LogP contribution in [0.4, 0.5) is 11.4 Å². The lowest BCUT2D eigenvalue weighted by Crippen LogP contribution is -2.43. The number of nitro groups is 1. The second-order valence-electron chi connectivity index (χ2n) is 9.62. The number of rotatable bonds is 6. The van der Waals surface area contributed by atoms with Gasteiger partial charge in [0.15, 0.2) is 11.6 Å². The molecule has 2 heterocycles. The lowest BCUT2D eigenvalue weighted by Gasteiger charge is -2.35. The Balaban J connectivity index is 1.57. The number of anilines is 1. The van der Waals surface area contributed by atoms with Crippen molar-refractivity contribution in [1.29, 1.82) is 0 Å². The summed E-state index contributed by atoms with van der Waals surface area (Å²) < 4.78 is 0. The van der Waals surface area contributed by atoms with Gasteiger partial charge in [0, 0.05) is 34.9 Å². The minimum Gasteiger partial charge on any atom is -0.353 e. The number of benzene rings is 4. The second-order valence-corrected chi connectivity index (χ2v) is 9.62. The molecule has 2 aliphatic heterocycles. The second kappa shape index (κ2) is 9.56. The Labute approximate surface area is 220 Å². The van der Waals surface area contributed by atoms with Crippen molar-refractivity contribution in [1.82, 2.24) is 0 Å². The van der Waals surface area contributed by atoms with Crippen molar-refractivity contribution in [3.8, 4) is 0 Å². The maximum atomic E-state index is 14.4. The summed E-state index contributed by atoms with van der Waals surface area (Å²) in [5.41, 5.74) is 3.41. The summed E-state index contributed by atoms with van der Waals surface area (Å²) >= 11 is 0. The molecule has 4 atom stereocenters. The van der Waals surface area contributed by atoms with Crippen LogP contribution < -0.4 is 4.90 Å². The average Bonchev–Trinajstić information content (AvgIpc) is 3.33. The van der Waals surface area contributed by atoms with E-state index in [0.717, 1.165) is 16.8 Å². The molecule has 0 spiro atoms. The molecule has 4 aromatic carbocycles. The van der Waals surface area contributed by atoms with Gasteiger partial charge in [-0.2, -0.15) is 0 Å². The van der Waals surface area contributed by atoms with Crippen molar-refractivity contribution in [2.24, 2.45) is 5.92 Å². The molecular formula is C32H24N2O4. The third-order valence-corrected chi connectivity index (χ3v) is 7.56. The van der Waals surface area contributed by atoms with E-state index in [-0.39, 0.29) is 28.9 Å². The lowest BCUT2D eigenvalue weighted by molar-refractivity contribution is -0.384. The van der Waals surface area contributed by atoms with Crippen LogP contribution in [0.15, 0.2) is 115 Å². The smallest absolute Gasteiger partial charge is 0.270 e. The van der Waals surface area contributed by atoms with E-state index in [1.807, 2.05) is 97.1 Å². The molecule has 186 valence electrons. The van der Waals surface area contributed by atoms with Crippen LogP contribution in [0.3, 0.4) is 0 Å². The van der Waals surface area contributed by atoms with E-state index < -0.39 is 22.8 Å². The Morgan fingerprint density at radius 3 is 2.13 bits per heavy atom. The van der Waals surface area contributed by atoms with Crippen molar-refractivity contribution in [3.05, 3.63) is 148 Å². The zero-order valence-electron chi connectivity index (χ0n) is 20.4. The molecule has 0 saturated carbocycles. The highest BCUT2D eigenvalue weighted by molar-refractivity contribution is 6.07. The number of carbonyl (C=O) groups excluding carboxylic acids is 2. The Bertz CT molecular complexity index is 1560. The zero-order valence-corrected chi connectivity index (χ0v) is 20.4. The van der Waals surface area contributed by atoms with Crippen LogP contribution in [0.2, 0.25) is 0 Å². The molecule has 0 amide bonds. The maximum Gasteiger partial charge on any atom is 0.270 e. The van der Waals surface area contributed by atoms with Gasteiger partial charge in [0.05, 0.1) is 16.9 Å². The minimum atomic E-state index is -0.742. The number of nitrogens with zero attached hydrogens (tertiary/aromatic N) is 2. The Morgan fingerprint density at radius 2 is 1.39 bits per heavy atom. The molecule has 1 fully saturated rings. The van der Waals surface area contributed by atoms with Crippen LogP contribution >= 0.6 is 0 Å². The first-order chi connectivity index (χ1) is 18.5. The van der Waals surface area contributed by atoms with Gasteiger partial charge in [0.2, 0.25) is 0 Å². The first kappa shape index (κ1) is 23.6. The Morgan fingerprint density at radius 1 is 0.737 bits per heavy atom. The van der Waals surface area contributed by atoms with E-state index in [2.05, 4.69) is 4.90 Å². The largest absolute Gasteiger partial charge is 0.353 e. The van der Waals surface area contributed by atoms with Gasteiger partial charge in [-0.25, -0.2) is 0 Å². The van der Waals surface area contributed by atoms with Crippen molar-refractivity contribution in [2.45, 2.75) is 18.0 Å². The summed E-state index contributed by atoms with van der Waals surface area (Å²) in [4.78, 5) is 41.6. The van der Waals surface area contributed by atoms with Crippen molar-refractivity contribution in [3.63, 3.8) is 0 Å². The van der Waals surface area contributed by atoms with Gasteiger partial charge in [0.25, 0.3) is 5.69 Å². The minimum absolute atomic E-state index is 0.0344. The van der Waals surface area contributed by atoms with Crippen molar-refractivity contribution in [2.75, 3.05) is 4.90 Å². The predicted molar refractivity (Wildman–Crippen MR) is 146 cm³/mol. The van der Waals surface area contributed by atoms with Crippen LogP contribution in [0.5, 0.6) is 0 Å². The van der Waals surface area contributed by atoms with Crippen LogP contribution in [0.1, 0.15) is 37.8 Å². The van der Waals surface area contributed by atoms with Crippen molar-refractivity contribution < 1.29 is 14.5 Å². The first-order valence-electron chi connectivity index (χ1n) is 12.5. The Hall–Kier alpha value is -4.84. The number of para-hydroxylation sites is 1. The van der Waals surface area contributed by atoms with Gasteiger partial charge in [-0.3, -0.25) is 19.7 Å². The number of hydrogen-bond donors (Lipinski definition) is 0. The molecule has 38 heavy (non-hydrogen) atoms. The fraction of sp³-hybridized carbons (Fsp3) is 0.125. The number of non-ortho nitro benzene ring substituents is 1. The molecule has 0 aliphatic carbocycles. The molecule has 6 heteroatoms. The van der Waals surface area contributed by atoms with Gasteiger partial charge in [-0.05, 0) is 17.2 Å². The molecule has 1 saturated heterocycles. The van der Waals surface area contributed by atoms with E-state index >= 15 is 0 Å².